The lowest BCUT2D eigenvalue weighted by molar-refractivity contribution is -0.140. The summed E-state index contributed by atoms with van der Waals surface area (Å²) in [6.45, 7) is 0.689. The zero-order valence-corrected chi connectivity index (χ0v) is 16.9. The Hall–Kier alpha value is -2.95. The number of benzene rings is 2. The number of carbonyl (C=O) groups excluding carboxylic acids is 2. The number of carbonyl (C=O) groups is 2. The Labute approximate surface area is 176 Å². The molecule has 1 fully saturated rings. The van der Waals surface area contributed by atoms with Crippen molar-refractivity contribution in [3.05, 3.63) is 71.2 Å². The van der Waals surface area contributed by atoms with Crippen molar-refractivity contribution in [2.24, 2.45) is 0 Å². The molecule has 5 heteroatoms. The molecule has 0 radical (unpaired) electrons. The number of amides is 2. The van der Waals surface area contributed by atoms with E-state index in [1.165, 1.54) is 22.6 Å². The summed E-state index contributed by atoms with van der Waals surface area (Å²) in [6, 6.07) is 13.9. The molecule has 0 bridgehead atoms. The second kappa shape index (κ2) is 7.71. The van der Waals surface area contributed by atoms with Crippen molar-refractivity contribution in [3.8, 4) is 0 Å². The molecule has 0 unspecified atom stereocenters. The van der Waals surface area contributed by atoms with E-state index in [0.29, 0.717) is 23.4 Å². The van der Waals surface area contributed by atoms with E-state index in [4.69, 9.17) is 0 Å². The van der Waals surface area contributed by atoms with Crippen LogP contribution in [0.3, 0.4) is 0 Å². The van der Waals surface area contributed by atoms with Gasteiger partial charge in [0.25, 0.3) is 11.8 Å². The fourth-order valence-corrected chi connectivity index (χ4v) is 5.10. The van der Waals surface area contributed by atoms with Crippen LogP contribution in [0.5, 0.6) is 0 Å². The van der Waals surface area contributed by atoms with Gasteiger partial charge in [-0.15, -0.1) is 0 Å². The van der Waals surface area contributed by atoms with E-state index >= 15 is 0 Å². The lowest BCUT2D eigenvalue weighted by Gasteiger charge is -2.33. The van der Waals surface area contributed by atoms with Crippen molar-refractivity contribution in [1.82, 2.24) is 4.90 Å². The third kappa shape index (κ3) is 3.13. The lowest BCUT2D eigenvalue weighted by Crippen LogP contribution is -2.44. The highest BCUT2D eigenvalue weighted by Gasteiger charge is 2.45. The minimum atomic E-state index is -0.356. The fourth-order valence-electron chi connectivity index (χ4n) is 5.10. The molecule has 2 aliphatic heterocycles. The van der Waals surface area contributed by atoms with Crippen LogP contribution in [0.1, 0.15) is 49.7 Å². The first-order valence-corrected chi connectivity index (χ1v) is 10.9. The second-order valence-corrected chi connectivity index (χ2v) is 8.39. The van der Waals surface area contributed by atoms with Gasteiger partial charge in [0.2, 0.25) is 0 Å². The molecule has 2 heterocycles. The van der Waals surface area contributed by atoms with Crippen molar-refractivity contribution >= 4 is 23.1 Å². The van der Waals surface area contributed by atoms with Crippen molar-refractivity contribution in [2.45, 2.75) is 51.0 Å². The number of fused-ring (bicyclic) bond motifs is 1. The predicted molar refractivity (Wildman–Crippen MR) is 114 cm³/mol. The Morgan fingerprint density at radius 2 is 1.57 bits per heavy atom. The summed E-state index contributed by atoms with van der Waals surface area (Å²) in [4.78, 5) is 30.8. The first-order chi connectivity index (χ1) is 14.6. The number of aryl methyl sites for hydroxylation is 1. The summed E-state index contributed by atoms with van der Waals surface area (Å²) >= 11 is 0. The lowest BCUT2D eigenvalue weighted by atomic mass is 9.94. The molecule has 154 valence electrons. The van der Waals surface area contributed by atoms with Gasteiger partial charge in [-0.25, -0.2) is 4.39 Å². The largest absolute Gasteiger partial charge is 0.336 e. The topological polar surface area (TPSA) is 40.6 Å². The number of para-hydroxylation sites is 1. The number of hydrogen-bond acceptors (Lipinski definition) is 3. The maximum atomic E-state index is 13.7. The molecule has 4 nitrogen and oxygen atoms in total. The zero-order valence-electron chi connectivity index (χ0n) is 16.9. The maximum absolute atomic E-state index is 13.7. The molecular formula is C25H25FN2O2. The highest BCUT2D eigenvalue weighted by atomic mass is 19.1. The molecule has 5 rings (SSSR count). The molecule has 2 aromatic carbocycles. The molecule has 1 aliphatic carbocycles. The van der Waals surface area contributed by atoms with E-state index in [0.717, 1.165) is 50.6 Å². The van der Waals surface area contributed by atoms with Gasteiger partial charge in [0, 0.05) is 18.3 Å². The summed E-state index contributed by atoms with van der Waals surface area (Å²) in [7, 11) is 0. The van der Waals surface area contributed by atoms with Crippen LogP contribution < -0.4 is 4.90 Å². The molecule has 0 atom stereocenters. The van der Waals surface area contributed by atoms with E-state index in [-0.39, 0.29) is 23.7 Å². The maximum Gasteiger partial charge on any atom is 0.278 e. The Morgan fingerprint density at radius 3 is 2.33 bits per heavy atom. The normalized spacial score (nSPS) is 20.2. The first kappa shape index (κ1) is 19.0. The molecule has 3 aliphatic rings. The second-order valence-electron chi connectivity index (χ2n) is 8.39. The first-order valence-electron chi connectivity index (χ1n) is 10.9. The molecule has 0 N–H and O–H groups in total. The predicted octanol–water partition coefficient (Wildman–Crippen LogP) is 4.69. The Bertz CT molecular complexity index is 1020. The van der Waals surface area contributed by atoms with Crippen molar-refractivity contribution in [2.75, 3.05) is 11.4 Å². The van der Waals surface area contributed by atoms with Gasteiger partial charge in [-0.2, -0.15) is 0 Å². The van der Waals surface area contributed by atoms with E-state index in [2.05, 4.69) is 6.07 Å². The molecule has 1 saturated carbocycles. The van der Waals surface area contributed by atoms with Gasteiger partial charge < -0.3 is 4.90 Å². The summed E-state index contributed by atoms with van der Waals surface area (Å²) in [5.41, 5.74) is 3.63. The highest BCUT2D eigenvalue weighted by molar-refractivity contribution is 6.37. The monoisotopic (exact) mass is 404 g/mol. The van der Waals surface area contributed by atoms with Gasteiger partial charge in [0.15, 0.2) is 0 Å². The minimum Gasteiger partial charge on any atom is -0.336 e. The van der Waals surface area contributed by atoms with Crippen LogP contribution in [0, 0.1) is 5.82 Å². The fraction of sp³-hybridized carbons (Fsp3) is 0.360. The quantitative estimate of drug-likeness (QED) is 0.697. The average Bonchev–Trinajstić information content (AvgIpc) is 3.04. The average molecular weight is 404 g/mol. The van der Waals surface area contributed by atoms with Gasteiger partial charge in [0.05, 0.1) is 5.57 Å². The summed E-state index contributed by atoms with van der Waals surface area (Å²) in [6.07, 6.45) is 6.82. The number of anilines is 1. The Morgan fingerprint density at radius 1 is 0.833 bits per heavy atom. The summed E-state index contributed by atoms with van der Waals surface area (Å²) < 4.78 is 13.6. The van der Waals surface area contributed by atoms with Crippen LogP contribution >= 0.6 is 0 Å². The van der Waals surface area contributed by atoms with E-state index in [9.17, 15) is 14.0 Å². The van der Waals surface area contributed by atoms with Gasteiger partial charge in [-0.1, -0.05) is 49.6 Å². The van der Waals surface area contributed by atoms with Gasteiger partial charge in [-0.3, -0.25) is 14.5 Å². The number of hydrogen-bond donors (Lipinski definition) is 0. The summed E-state index contributed by atoms with van der Waals surface area (Å²) in [5, 5.41) is 0. The molecule has 2 amide bonds. The van der Waals surface area contributed by atoms with E-state index in [1.54, 1.807) is 12.1 Å². The molecule has 0 spiro atoms. The highest BCUT2D eigenvalue weighted by Crippen LogP contribution is 2.40. The van der Waals surface area contributed by atoms with Crippen molar-refractivity contribution < 1.29 is 14.0 Å². The van der Waals surface area contributed by atoms with Gasteiger partial charge in [-0.05, 0) is 55.0 Å². The summed E-state index contributed by atoms with van der Waals surface area (Å²) in [5.74, 6) is -0.801. The number of halogens is 1. The third-order valence-electron chi connectivity index (χ3n) is 6.54. The van der Waals surface area contributed by atoms with Gasteiger partial charge in [0.1, 0.15) is 11.5 Å². The van der Waals surface area contributed by atoms with Crippen molar-refractivity contribution in [3.63, 3.8) is 0 Å². The number of rotatable bonds is 3. The van der Waals surface area contributed by atoms with Crippen LogP contribution in [-0.2, 0) is 16.0 Å². The van der Waals surface area contributed by atoms with E-state index in [1.807, 2.05) is 23.1 Å². The van der Waals surface area contributed by atoms with Crippen LogP contribution in [0.15, 0.2) is 54.2 Å². The number of nitrogens with zero attached hydrogens (tertiary/aromatic N) is 2. The molecule has 0 saturated heterocycles. The third-order valence-corrected chi connectivity index (χ3v) is 6.54. The number of imide groups is 1. The molecular weight excluding hydrogens is 379 g/mol. The minimum absolute atomic E-state index is 0.0493. The Kier molecular flexibility index (Phi) is 4.89. The zero-order chi connectivity index (χ0) is 20.7. The van der Waals surface area contributed by atoms with Gasteiger partial charge >= 0.3 is 0 Å². The van der Waals surface area contributed by atoms with Crippen LogP contribution in [-0.4, -0.2) is 29.3 Å². The van der Waals surface area contributed by atoms with Crippen LogP contribution in [0.25, 0.3) is 5.57 Å². The SMILES string of the molecule is O=C1C(c2ccc(F)cc2)=C(N2CCCc3ccccc32)C(=O)N1C1CCCCC1. The van der Waals surface area contributed by atoms with Crippen LogP contribution in [0.2, 0.25) is 0 Å². The molecule has 30 heavy (non-hydrogen) atoms. The standard InChI is InChI=1S/C25H25FN2O2/c26-19-14-12-18(13-15-19)22-23(27-16-6-8-17-7-4-5-11-21(17)27)25(30)28(24(22)29)20-9-2-1-3-10-20/h4-5,7,11-15,20H,1-3,6,8-10,16H2. The van der Waals surface area contributed by atoms with Crippen molar-refractivity contribution in [1.29, 1.82) is 0 Å². The smallest absolute Gasteiger partial charge is 0.278 e. The van der Waals surface area contributed by atoms with E-state index < -0.39 is 0 Å². The molecule has 2 aromatic rings. The van der Waals surface area contributed by atoms with Crippen LogP contribution in [0.4, 0.5) is 10.1 Å². The Balaban J connectivity index is 1.64. The molecule has 0 aromatic heterocycles.